The Bertz CT molecular complexity index is 860. The first-order valence-electron chi connectivity index (χ1n) is 7.46. The van der Waals surface area contributed by atoms with Crippen LogP contribution in [0.3, 0.4) is 0 Å². The predicted octanol–water partition coefficient (Wildman–Crippen LogP) is 4.94. The molecule has 0 aromatic heterocycles. The summed E-state index contributed by atoms with van der Waals surface area (Å²) in [5.74, 6) is -1.26. The SMILES string of the molecule is CC1=C(CC(=O)O)c2cc(F)ccc2/C1=C\c1cccc(C)c1. The molecule has 3 rings (SSSR count). The number of carbonyl (C=O) groups is 1. The van der Waals surface area contributed by atoms with Crippen molar-refractivity contribution in [2.24, 2.45) is 0 Å². The maximum Gasteiger partial charge on any atom is 0.307 e. The Kier molecular flexibility index (Phi) is 3.87. The second-order valence-corrected chi connectivity index (χ2v) is 5.84. The van der Waals surface area contributed by atoms with E-state index < -0.39 is 5.97 Å². The smallest absolute Gasteiger partial charge is 0.307 e. The van der Waals surface area contributed by atoms with E-state index in [1.54, 1.807) is 6.07 Å². The number of halogens is 1. The molecule has 0 aliphatic heterocycles. The van der Waals surface area contributed by atoms with Crippen LogP contribution in [-0.2, 0) is 4.79 Å². The van der Waals surface area contributed by atoms with Crippen molar-refractivity contribution in [3.05, 3.63) is 76.1 Å². The highest BCUT2D eigenvalue weighted by molar-refractivity contribution is 6.07. The predicted molar refractivity (Wildman–Crippen MR) is 90.3 cm³/mol. The second kappa shape index (κ2) is 5.84. The number of fused-ring (bicyclic) bond motifs is 1. The van der Waals surface area contributed by atoms with Gasteiger partial charge >= 0.3 is 5.97 Å². The third kappa shape index (κ3) is 2.95. The molecule has 1 aliphatic carbocycles. The van der Waals surface area contributed by atoms with E-state index in [2.05, 4.69) is 6.07 Å². The highest BCUT2D eigenvalue weighted by Gasteiger charge is 2.25. The van der Waals surface area contributed by atoms with E-state index in [0.29, 0.717) is 11.1 Å². The summed E-state index contributed by atoms with van der Waals surface area (Å²) in [6.45, 7) is 3.93. The summed E-state index contributed by atoms with van der Waals surface area (Å²) < 4.78 is 13.6. The van der Waals surface area contributed by atoms with Gasteiger partial charge in [-0.05, 0) is 65.5 Å². The highest BCUT2D eigenvalue weighted by atomic mass is 19.1. The first-order valence-corrected chi connectivity index (χ1v) is 7.46. The zero-order chi connectivity index (χ0) is 16.6. The Balaban J connectivity index is 2.17. The summed E-state index contributed by atoms with van der Waals surface area (Å²) in [6.07, 6.45) is 1.93. The van der Waals surface area contributed by atoms with Crippen molar-refractivity contribution in [3.63, 3.8) is 0 Å². The fourth-order valence-electron chi connectivity index (χ4n) is 3.06. The second-order valence-electron chi connectivity index (χ2n) is 5.84. The number of benzene rings is 2. The Morgan fingerprint density at radius 2 is 1.91 bits per heavy atom. The number of hydrogen-bond donors (Lipinski definition) is 1. The summed E-state index contributed by atoms with van der Waals surface area (Å²) in [5.41, 5.74) is 6.32. The van der Waals surface area contributed by atoms with Gasteiger partial charge in [-0.1, -0.05) is 35.9 Å². The van der Waals surface area contributed by atoms with E-state index in [4.69, 9.17) is 5.11 Å². The van der Waals surface area contributed by atoms with Crippen molar-refractivity contribution >= 4 is 23.2 Å². The molecule has 0 saturated heterocycles. The topological polar surface area (TPSA) is 37.3 Å². The molecule has 0 saturated carbocycles. The highest BCUT2D eigenvalue weighted by Crippen LogP contribution is 2.43. The Labute approximate surface area is 134 Å². The van der Waals surface area contributed by atoms with Gasteiger partial charge in [-0.25, -0.2) is 4.39 Å². The first-order chi connectivity index (χ1) is 11.0. The van der Waals surface area contributed by atoms with Crippen molar-refractivity contribution in [2.75, 3.05) is 0 Å². The van der Waals surface area contributed by atoms with Gasteiger partial charge in [0.15, 0.2) is 0 Å². The van der Waals surface area contributed by atoms with Gasteiger partial charge in [-0.3, -0.25) is 4.79 Å². The van der Waals surface area contributed by atoms with Crippen LogP contribution in [0.1, 0.15) is 35.6 Å². The molecule has 0 amide bonds. The van der Waals surface area contributed by atoms with Crippen molar-refractivity contribution in [2.45, 2.75) is 20.3 Å². The molecule has 2 aromatic carbocycles. The molecule has 0 atom stereocenters. The van der Waals surface area contributed by atoms with Crippen molar-refractivity contribution in [3.8, 4) is 0 Å². The van der Waals surface area contributed by atoms with Crippen LogP contribution in [0.15, 0.2) is 48.0 Å². The zero-order valence-corrected chi connectivity index (χ0v) is 13.1. The first kappa shape index (κ1) is 15.2. The number of carboxylic acids is 1. The molecule has 3 heteroatoms. The van der Waals surface area contributed by atoms with Gasteiger partial charge in [0, 0.05) is 0 Å². The molecule has 116 valence electrons. The number of aliphatic carboxylic acids is 1. The van der Waals surface area contributed by atoms with Crippen LogP contribution in [0.5, 0.6) is 0 Å². The van der Waals surface area contributed by atoms with E-state index in [1.807, 2.05) is 38.1 Å². The molecule has 23 heavy (non-hydrogen) atoms. The molecular weight excluding hydrogens is 291 g/mol. The van der Waals surface area contributed by atoms with Crippen LogP contribution in [0, 0.1) is 12.7 Å². The average Bonchev–Trinajstić information content (AvgIpc) is 2.72. The largest absolute Gasteiger partial charge is 0.481 e. The van der Waals surface area contributed by atoms with Crippen molar-refractivity contribution in [1.29, 1.82) is 0 Å². The monoisotopic (exact) mass is 308 g/mol. The van der Waals surface area contributed by atoms with Crippen molar-refractivity contribution in [1.82, 2.24) is 0 Å². The third-order valence-electron chi connectivity index (χ3n) is 4.13. The molecule has 0 bridgehead atoms. The molecule has 0 fully saturated rings. The molecule has 0 heterocycles. The van der Waals surface area contributed by atoms with E-state index in [9.17, 15) is 9.18 Å². The molecule has 0 unspecified atom stereocenters. The number of rotatable bonds is 3. The molecule has 0 radical (unpaired) electrons. The minimum absolute atomic E-state index is 0.104. The Hall–Kier alpha value is -2.68. The third-order valence-corrected chi connectivity index (χ3v) is 4.13. The fourth-order valence-corrected chi connectivity index (χ4v) is 3.06. The van der Waals surface area contributed by atoms with Gasteiger partial charge in [-0.15, -0.1) is 0 Å². The Morgan fingerprint density at radius 3 is 2.61 bits per heavy atom. The standard InChI is InChI=1S/C20H17FO2/c1-12-4-3-5-14(8-12)9-17-13(2)18(11-20(22)23)19-10-15(21)6-7-16(17)19/h3-10H,11H2,1-2H3,(H,22,23)/b17-9-. The summed E-state index contributed by atoms with van der Waals surface area (Å²) in [4.78, 5) is 11.2. The minimum Gasteiger partial charge on any atom is -0.481 e. The molecular formula is C20H17FO2. The average molecular weight is 308 g/mol. The number of aryl methyl sites for hydroxylation is 1. The fraction of sp³-hybridized carbons (Fsp3) is 0.150. The molecule has 0 spiro atoms. The van der Waals surface area contributed by atoms with Gasteiger partial charge in [0.1, 0.15) is 5.82 Å². The van der Waals surface area contributed by atoms with Crippen molar-refractivity contribution < 1.29 is 14.3 Å². The van der Waals surface area contributed by atoms with Crippen LogP contribution in [-0.4, -0.2) is 11.1 Å². The normalized spacial score (nSPS) is 15.2. The molecule has 2 aromatic rings. The van der Waals surface area contributed by atoms with E-state index in [0.717, 1.165) is 27.8 Å². The quantitative estimate of drug-likeness (QED) is 0.872. The maximum absolute atomic E-state index is 13.6. The van der Waals surface area contributed by atoms with Crippen LogP contribution in [0.25, 0.3) is 17.2 Å². The van der Waals surface area contributed by atoms with Gasteiger partial charge in [0.2, 0.25) is 0 Å². The van der Waals surface area contributed by atoms with Gasteiger partial charge < -0.3 is 5.11 Å². The molecule has 2 nitrogen and oxygen atoms in total. The van der Waals surface area contributed by atoms with E-state index in [-0.39, 0.29) is 12.2 Å². The summed E-state index contributed by atoms with van der Waals surface area (Å²) in [6, 6.07) is 12.7. The lowest BCUT2D eigenvalue weighted by atomic mass is 10.00. The lowest BCUT2D eigenvalue weighted by molar-refractivity contribution is -0.135. The molecule has 1 aliphatic rings. The lowest BCUT2D eigenvalue weighted by Crippen LogP contribution is -1.97. The Morgan fingerprint density at radius 1 is 1.13 bits per heavy atom. The minimum atomic E-state index is -0.911. The number of hydrogen-bond acceptors (Lipinski definition) is 1. The van der Waals surface area contributed by atoms with Crippen LogP contribution >= 0.6 is 0 Å². The van der Waals surface area contributed by atoms with Gasteiger partial charge in [-0.2, -0.15) is 0 Å². The summed E-state index contributed by atoms with van der Waals surface area (Å²) in [7, 11) is 0. The summed E-state index contributed by atoms with van der Waals surface area (Å²) >= 11 is 0. The number of carboxylic acid groups (broad SMARTS) is 1. The number of allylic oxidation sites excluding steroid dienone is 2. The van der Waals surface area contributed by atoms with Gasteiger partial charge in [0.25, 0.3) is 0 Å². The van der Waals surface area contributed by atoms with Crippen LogP contribution in [0.2, 0.25) is 0 Å². The van der Waals surface area contributed by atoms with E-state index >= 15 is 0 Å². The maximum atomic E-state index is 13.6. The molecule has 1 N–H and O–H groups in total. The van der Waals surface area contributed by atoms with Crippen LogP contribution in [0.4, 0.5) is 4.39 Å². The lowest BCUT2D eigenvalue weighted by Gasteiger charge is -2.05. The van der Waals surface area contributed by atoms with Gasteiger partial charge in [0.05, 0.1) is 6.42 Å². The summed E-state index contributed by atoms with van der Waals surface area (Å²) in [5, 5.41) is 9.15. The zero-order valence-electron chi connectivity index (χ0n) is 13.1. The van der Waals surface area contributed by atoms with E-state index in [1.165, 1.54) is 12.1 Å². The van der Waals surface area contributed by atoms with Crippen LogP contribution < -0.4 is 0 Å².